The van der Waals surface area contributed by atoms with Crippen molar-refractivity contribution in [2.24, 2.45) is 0 Å². The molecule has 1 heterocycles. The van der Waals surface area contributed by atoms with Crippen LogP contribution in [0.4, 0.5) is 0 Å². The number of halogens is 1. The second-order valence-electron chi connectivity index (χ2n) is 5.17. The quantitative estimate of drug-likeness (QED) is 0.719. The summed E-state index contributed by atoms with van der Waals surface area (Å²) in [6.07, 6.45) is 8.53. The number of hydrogen-bond donors (Lipinski definition) is 1. The standard InChI is InChI=1S/C19H16ClN3O/c20-17-7-3-1-5-15(17)9-10-19(24)22-13-16-6-2-4-8-18(16)23-12-11-21-14-23/h1-12,14H,13H2,(H,22,24)/b10-9+. The van der Waals surface area contributed by atoms with Crippen LogP contribution in [0.5, 0.6) is 0 Å². The SMILES string of the molecule is O=C(/C=C/c1ccccc1Cl)NCc1ccccc1-n1ccnc1. The average Bonchev–Trinajstić information content (AvgIpc) is 3.14. The highest BCUT2D eigenvalue weighted by atomic mass is 35.5. The molecule has 1 amide bonds. The molecule has 120 valence electrons. The van der Waals surface area contributed by atoms with Gasteiger partial charge >= 0.3 is 0 Å². The lowest BCUT2D eigenvalue weighted by Crippen LogP contribution is -2.21. The fourth-order valence-corrected chi connectivity index (χ4v) is 2.53. The summed E-state index contributed by atoms with van der Waals surface area (Å²) in [5.41, 5.74) is 2.81. The molecule has 0 radical (unpaired) electrons. The lowest BCUT2D eigenvalue weighted by atomic mass is 10.1. The van der Waals surface area contributed by atoms with E-state index in [1.165, 1.54) is 6.08 Å². The van der Waals surface area contributed by atoms with E-state index < -0.39 is 0 Å². The van der Waals surface area contributed by atoms with Gasteiger partial charge in [0.15, 0.2) is 0 Å². The summed E-state index contributed by atoms with van der Waals surface area (Å²) in [6.45, 7) is 0.431. The third-order valence-electron chi connectivity index (χ3n) is 3.55. The van der Waals surface area contributed by atoms with Gasteiger partial charge in [-0.25, -0.2) is 4.98 Å². The Kier molecular flexibility index (Phi) is 5.08. The van der Waals surface area contributed by atoms with Gasteiger partial charge in [-0.2, -0.15) is 0 Å². The Labute approximate surface area is 145 Å². The molecule has 0 spiro atoms. The summed E-state index contributed by atoms with van der Waals surface area (Å²) in [5, 5.41) is 3.51. The van der Waals surface area contributed by atoms with Crippen molar-refractivity contribution in [1.29, 1.82) is 0 Å². The maximum atomic E-state index is 12.0. The normalized spacial score (nSPS) is 10.9. The number of nitrogens with one attached hydrogen (secondary N) is 1. The molecule has 1 aromatic heterocycles. The summed E-state index contributed by atoms with van der Waals surface area (Å²) in [5.74, 6) is -0.171. The van der Waals surface area contributed by atoms with Crippen LogP contribution >= 0.6 is 11.6 Å². The minimum atomic E-state index is -0.171. The van der Waals surface area contributed by atoms with E-state index in [9.17, 15) is 4.79 Å². The highest BCUT2D eigenvalue weighted by Gasteiger charge is 2.04. The van der Waals surface area contributed by atoms with Crippen molar-refractivity contribution >= 4 is 23.6 Å². The van der Waals surface area contributed by atoms with E-state index in [4.69, 9.17) is 11.6 Å². The number of carbonyl (C=O) groups is 1. The Morgan fingerprint density at radius 1 is 1.17 bits per heavy atom. The lowest BCUT2D eigenvalue weighted by molar-refractivity contribution is -0.116. The van der Waals surface area contributed by atoms with Gasteiger partial charge in [0.1, 0.15) is 0 Å². The van der Waals surface area contributed by atoms with Crippen LogP contribution in [0.3, 0.4) is 0 Å². The highest BCUT2D eigenvalue weighted by Crippen LogP contribution is 2.16. The molecule has 0 aliphatic heterocycles. The maximum Gasteiger partial charge on any atom is 0.244 e. The van der Waals surface area contributed by atoms with Crippen molar-refractivity contribution < 1.29 is 4.79 Å². The zero-order chi connectivity index (χ0) is 16.8. The van der Waals surface area contributed by atoms with Gasteiger partial charge in [-0.3, -0.25) is 4.79 Å². The van der Waals surface area contributed by atoms with E-state index in [0.29, 0.717) is 11.6 Å². The van der Waals surface area contributed by atoms with Crippen molar-refractivity contribution in [3.8, 4) is 5.69 Å². The Balaban J connectivity index is 1.66. The number of carbonyl (C=O) groups excluding carboxylic acids is 1. The second kappa shape index (κ2) is 7.62. The van der Waals surface area contributed by atoms with Gasteiger partial charge in [0.25, 0.3) is 0 Å². The Morgan fingerprint density at radius 2 is 1.96 bits per heavy atom. The number of nitrogens with zero attached hydrogens (tertiary/aromatic N) is 2. The number of benzene rings is 2. The van der Waals surface area contributed by atoms with Crippen LogP contribution in [-0.4, -0.2) is 15.5 Å². The number of rotatable bonds is 5. The lowest BCUT2D eigenvalue weighted by Gasteiger charge is -2.10. The molecular weight excluding hydrogens is 322 g/mol. The van der Waals surface area contributed by atoms with Crippen LogP contribution in [0.15, 0.2) is 73.3 Å². The van der Waals surface area contributed by atoms with Gasteiger partial charge in [0, 0.05) is 30.0 Å². The van der Waals surface area contributed by atoms with Crippen LogP contribution in [-0.2, 0) is 11.3 Å². The molecule has 3 rings (SSSR count). The Bertz CT molecular complexity index is 857. The van der Waals surface area contributed by atoms with E-state index >= 15 is 0 Å². The number of imidazole rings is 1. The third-order valence-corrected chi connectivity index (χ3v) is 3.89. The summed E-state index contributed by atoms with van der Waals surface area (Å²) in [6, 6.07) is 15.3. The minimum absolute atomic E-state index is 0.171. The molecule has 0 saturated heterocycles. The van der Waals surface area contributed by atoms with Gasteiger partial charge in [-0.15, -0.1) is 0 Å². The van der Waals surface area contributed by atoms with Crippen LogP contribution in [0.25, 0.3) is 11.8 Å². The first kappa shape index (κ1) is 16.0. The largest absolute Gasteiger partial charge is 0.348 e. The zero-order valence-corrected chi connectivity index (χ0v) is 13.6. The third kappa shape index (κ3) is 3.91. The second-order valence-corrected chi connectivity index (χ2v) is 5.58. The van der Waals surface area contributed by atoms with Gasteiger partial charge < -0.3 is 9.88 Å². The molecule has 3 aromatic rings. The fraction of sp³-hybridized carbons (Fsp3) is 0.0526. The molecule has 0 aliphatic carbocycles. The van der Waals surface area contributed by atoms with E-state index in [-0.39, 0.29) is 5.91 Å². The predicted octanol–water partition coefficient (Wildman–Crippen LogP) is 3.86. The van der Waals surface area contributed by atoms with Gasteiger partial charge in [0.2, 0.25) is 5.91 Å². The fourth-order valence-electron chi connectivity index (χ4n) is 2.33. The number of amides is 1. The van der Waals surface area contributed by atoms with Crippen molar-refractivity contribution in [1.82, 2.24) is 14.9 Å². The van der Waals surface area contributed by atoms with E-state index in [1.807, 2.05) is 53.2 Å². The van der Waals surface area contributed by atoms with Crippen molar-refractivity contribution in [3.63, 3.8) is 0 Å². The number of para-hydroxylation sites is 1. The molecule has 0 bridgehead atoms. The van der Waals surface area contributed by atoms with Gasteiger partial charge in [-0.05, 0) is 29.3 Å². The smallest absolute Gasteiger partial charge is 0.244 e. The van der Waals surface area contributed by atoms with E-state index in [2.05, 4.69) is 10.3 Å². The molecule has 0 fully saturated rings. The summed E-state index contributed by atoms with van der Waals surface area (Å²) in [4.78, 5) is 16.1. The molecule has 4 nitrogen and oxygen atoms in total. The molecule has 0 aliphatic rings. The zero-order valence-electron chi connectivity index (χ0n) is 12.9. The molecule has 0 unspecified atom stereocenters. The molecule has 24 heavy (non-hydrogen) atoms. The molecule has 2 aromatic carbocycles. The first-order valence-corrected chi connectivity index (χ1v) is 7.88. The summed E-state index contributed by atoms with van der Waals surface area (Å²) >= 11 is 6.07. The predicted molar refractivity (Wildman–Crippen MR) is 95.9 cm³/mol. The molecule has 0 atom stereocenters. The van der Waals surface area contributed by atoms with Gasteiger partial charge in [0.05, 0.1) is 12.0 Å². The first-order chi connectivity index (χ1) is 11.7. The summed E-state index contributed by atoms with van der Waals surface area (Å²) in [7, 11) is 0. The van der Waals surface area contributed by atoms with Crippen LogP contribution in [0.2, 0.25) is 5.02 Å². The number of aromatic nitrogens is 2. The van der Waals surface area contributed by atoms with E-state index in [1.54, 1.807) is 24.7 Å². The monoisotopic (exact) mass is 337 g/mol. The molecular formula is C19H16ClN3O. The maximum absolute atomic E-state index is 12.0. The number of hydrogen-bond acceptors (Lipinski definition) is 2. The molecule has 5 heteroatoms. The van der Waals surface area contributed by atoms with E-state index in [0.717, 1.165) is 16.8 Å². The van der Waals surface area contributed by atoms with Crippen molar-refractivity contribution in [2.75, 3.05) is 0 Å². The Morgan fingerprint density at radius 3 is 2.75 bits per heavy atom. The topological polar surface area (TPSA) is 46.9 Å². The molecule has 0 saturated carbocycles. The van der Waals surface area contributed by atoms with Crippen LogP contribution in [0, 0.1) is 0 Å². The van der Waals surface area contributed by atoms with Crippen molar-refractivity contribution in [2.45, 2.75) is 6.54 Å². The summed E-state index contributed by atoms with van der Waals surface area (Å²) < 4.78 is 1.92. The van der Waals surface area contributed by atoms with Crippen LogP contribution in [0.1, 0.15) is 11.1 Å². The minimum Gasteiger partial charge on any atom is -0.348 e. The van der Waals surface area contributed by atoms with Crippen LogP contribution < -0.4 is 5.32 Å². The highest BCUT2D eigenvalue weighted by molar-refractivity contribution is 6.32. The average molecular weight is 338 g/mol. The van der Waals surface area contributed by atoms with Gasteiger partial charge in [-0.1, -0.05) is 48.0 Å². The van der Waals surface area contributed by atoms with Crippen molar-refractivity contribution in [3.05, 3.63) is 89.5 Å². The molecule has 1 N–H and O–H groups in total. The first-order valence-electron chi connectivity index (χ1n) is 7.51. The Hall–Kier alpha value is -2.85.